The van der Waals surface area contributed by atoms with Gasteiger partial charge < -0.3 is 9.47 Å². The summed E-state index contributed by atoms with van der Waals surface area (Å²) in [5, 5.41) is 0. The van der Waals surface area contributed by atoms with Gasteiger partial charge in [-0.15, -0.1) is 0 Å². The molecule has 0 atom stereocenters. The minimum atomic E-state index is -4.55. The molecule has 1 rings (SSSR count). The fourth-order valence-corrected chi connectivity index (χ4v) is 3.25. The van der Waals surface area contributed by atoms with E-state index in [1.54, 1.807) is 0 Å². The third kappa shape index (κ3) is 10.7. The molecule has 1 aromatic rings. The molecule has 0 fully saturated rings. The summed E-state index contributed by atoms with van der Waals surface area (Å²) in [5.74, 6) is -1.62. The summed E-state index contributed by atoms with van der Waals surface area (Å²) in [7, 11) is -4.55. The van der Waals surface area contributed by atoms with Gasteiger partial charge >= 0.3 is 11.9 Å². The number of ether oxygens (including phenoxy) is 2. The minimum absolute atomic E-state index is 0.0780. The average molecular weight is 467 g/mol. The fraction of sp³-hybridized carbons (Fsp3) is 0.500. The summed E-state index contributed by atoms with van der Waals surface area (Å²) in [5.41, 5.74) is -0.380. The molecule has 0 heterocycles. The Kier molecular flexibility index (Phi) is 13.2. The summed E-state index contributed by atoms with van der Waals surface area (Å²) < 4.78 is 42.6. The van der Waals surface area contributed by atoms with E-state index in [0.29, 0.717) is 12.8 Å². The Morgan fingerprint density at radius 2 is 1.28 bits per heavy atom. The Labute approximate surface area is 191 Å². The second-order valence-electron chi connectivity index (χ2n) is 7.26. The lowest BCUT2D eigenvalue weighted by molar-refractivity contribution is 0.0464. The molecule has 1 N–H and O–H groups in total. The van der Waals surface area contributed by atoms with Crippen LogP contribution in [0.4, 0.5) is 0 Å². The Balaban J connectivity index is 2.81. The van der Waals surface area contributed by atoms with Crippen molar-refractivity contribution in [2.45, 2.75) is 70.1 Å². The van der Waals surface area contributed by atoms with Crippen LogP contribution in [0.1, 0.15) is 85.9 Å². The molecule has 8 heteroatoms. The maximum atomic E-state index is 12.5. The van der Waals surface area contributed by atoms with Gasteiger partial charge in [0, 0.05) is 0 Å². The number of benzene rings is 1. The number of carbonyl (C=O) groups excluding carboxylic acids is 2. The van der Waals surface area contributed by atoms with Crippen molar-refractivity contribution in [2.24, 2.45) is 0 Å². The molecule has 1 aromatic carbocycles. The van der Waals surface area contributed by atoms with Crippen molar-refractivity contribution in [1.82, 2.24) is 0 Å². The number of hydrogen-bond donors (Lipinski definition) is 1. The van der Waals surface area contributed by atoms with Gasteiger partial charge in [-0.05, 0) is 43.9 Å². The van der Waals surface area contributed by atoms with Gasteiger partial charge in [0.05, 0.1) is 29.2 Å². The van der Waals surface area contributed by atoms with Crippen LogP contribution in [-0.4, -0.2) is 38.1 Å². The van der Waals surface area contributed by atoms with Crippen LogP contribution >= 0.6 is 0 Å². The number of esters is 2. The van der Waals surface area contributed by atoms with Gasteiger partial charge in [-0.2, -0.15) is 8.42 Å². The maximum Gasteiger partial charge on any atom is 0.339 e. The smallest absolute Gasteiger partial charge is 0.339 e. The van der Waals surface area contributed by atoms with Crippen molar-refractivity contribution in [1.29, 1.82) is 0 Å². The van der Waals surface area contributed by atoms with Gasteiger partial charge in [0.25, 0.3) is 10.1 Å². The monoisotopic (exact) mass is 466 g/mol. The fourth-order valence-electron chi connectivity index (χ4n) is 2.74. The Morgan fingerprint density at radius 1 is 0.812 bits per heavy atom. The lowest BCUT2D eigenvalue weighted by Crippen LogP contribution is -2.16. The molecule has 0 saturated heterocycles. The van der Waals surface area contributed by atoms with Crippen molar-refractivity contribution < 1.29 is 32.0 Å². The third-order valence-corrected chi connectivity index (χ3v) is 5.40. The number of unbranched alkanes of at least 4 members (excludes halogenated alkanes) is 4. The topological polar surface area (TPSA) is 107 Å². The summed E-state index contributed by atoms with van der Waals surface area (Å²) >= 11 is 0. The number of carbonyl (C=O) groups is 2. The Bertz CT molecular complexity index is 886. The predicted molar refractivity (Wildman–Crippen MR) is 123 cm³/mol. The number of hydrogen-bond acceptors (Lipinski definition) is 6. The van der Waals surface area contributed by atoms with Crippen molar-refractivity contribution in [3.05, 3.63) is 53.6 Å². The molecule has 0 aromatic heterocycles. The van der Waals surface area contributed by atoms with Crippen LogP contribution in [0.2, 0.25) is 0 Å². The van der Waals surface area contributed by atoms with E-state index in [0.717, 1.165) is 56.7 Å². The molecule has 0 aliphatic rings. The van der Waals surface area contributed by atoms with Crippen molar-refractivity contribution in [3.63, 3.8) is 0 Å². The van der Waals surface area contributed by atoms with Crippen molar-refractivity contribution in [3.8, 4) is 0 Å². The van der Waals surface area contributed by atoms with Crippen LogP contribution in [0.3, 0.4) is 0 Å². The normalized spacial score (nSPS) is 11.8. The molecule has 7 nitrogen and oxygen atoms in total. The van der Waals surface area contributed by atoms with E-state index in [2.05, 4.69) is 13.8 Å². The van der Waals surface area contributed by atoms with Crippen LogP contribution in [0.5, 0.6) is 0 Å². The molecule has 178 valence electrons. The molecule has 32 heavy (non-hydrogen) atoms. The second kappa shape index (κ2) is 15.4. The van der Waals surface area contributed by atoms with E-state index in [4.69, 9.17) is 9.47 Å². The first-order chi connectivity index (χ1) is 15.3. The van der Waals surface area contributed by atoms with E-state index in [1.165, 1.54) is 0 Å². The standard InChI is InChI=1S/C24H34O7S/c1-3-5-7-9-11-13-17-30-23(25)21-16-15-20(32(27,28)29)19-22(21)24(26)31-18-14-12-10-8-6-4-2/h9-12,15-16,19H,3-8,13-14,17-18H2,1-2H3,(H,27,28,29)/b11-9+,12-10+. The highest BCUT2D eigenvalue weighted by atomic mass is 32.2. The summed E-state index contributed by atoms with van der Waals surface area (Å²) in [4.78, 5) is 24.5. The first-order valence-electron chi connectivity index (χ1n) is 11.1. The number of rotatable bonds is 15. The van der Waals surface area contributed by atoms with E-state index in [9.17, 15) is 22.6 Å². The quantitative estimate of drug-likeness (QED) is 0.157. The first kappa shape index (κ1) is 27.6. The highest BCUT2D eigenvalue weighted by molar-refractivity contribution is 7.85. The average Bonchev–Trinajstić information content (AvgIpc) is 2.76. The lowest BCUT2D eigenvalue weighted by atomic mass is 10.1. The molecular formula is C24H34O7S. The van der Waals surface area contributed by atoms with Gasteiger partial charge in [-0.1, -0.05) is 63.8 Å². The first-order valence-corrected chi connectivity index (χ1v) is 12.5. The largest absolute Gasteiger partial charge is 0.462 e. The van der Waals surface area contributed by atoms with Crippen LogP contribution in [0, 0.1) is 0 Å². The highest BCUT2D eigenvalue weighted by Crippen LogP contribution is 2.19. The van der Waals surface area contributed by atoms with E-state index in [1.807, 2.05) is 24.3 Å². The SMILES string of the molecule is CCCC/C=C/CCOC(=O)c1ccc(S(=O)(=O)O)cc1C(=O)OCC/C=C/CCCC. The minimum Gasteiger partial charge on any atom is -0.462 e. The van der Waals surface area contributed by atoms with Crippen molar-refractivity contribution in [2.75, 3.05) is 13.2 Å². The van der Waals surface area contributed by atoms with Gasteiger partial charge in [-0.25, -0.2) is 9.59 Å². The Hall–Kier alpha value is -2.45. The van der Waals surface area contributed by atoms with Crippen LogP contribution in [-0.2, 0) is 19.6 Å². The van der Waals surface area contributed by atoms with Crippen LogP contribution < -0.4 is 0 Å². The zero-order chi connectivity index (χ0) is 23.8. The van der Waals surface area contributed by atoms with Gasteiger partial charge in [0.2, 0.25) is 0 Å². The zero-order valence-corrected chi connectivity index (χ0v) is 19.7. The molecule has 0 unspecified atom stereocenters. The van der Waals surface area contributed by atoms with E-state index >= 15 is 0 Å². The third-order valence-electron chi connectivity index (χ3n) is 4.55. The van der Waals surface area contributed by atoms with Crippen LogP contribution in [0.25, 0.3) is 0 Å². The maximum absolute atomic E-state index is 12.5. The van der Waals surface area contributed by atoms with Crippen molar-refractivity contribution >= 4 is 22.1 Å². The second-order valence-corrected chi connectivity index (χ2v) is 8.68. The molecule has 0 amide bonds. The molecular weight excluding hydrogens is 432 g/mol. The van der Waals surface area contributed by atoms with Crippen LogP contribution in [0.15, 0.2) is 47.4 Å². The Morgan fingerprint density at radius 3 is 1.75 bits per heavy atom. The number of allylic oxidation sites excluding steroid dienone is 2. The van der Waals surface area contributed by atoms with Gasteiger partial charge in [-0.3, -0.25) is 4.55 Å². The van der Waals surface area contributed by atoms with Gasteiger partial charge in [0.1, 0.15) is 0 Å². The summed E-state index contributed by atoms with van der Waals surface area (Å²) in [6, 6.07) is 3.11. The molecule has 0 bridgehead atoms. The lowest BCUT2D eigenvalue weighted by Gasteiger charge is -2.10. The molecule has 0 aliphatic carbocycles. The predicted octanol–water partition coefficient (Wildman–Crippen LogP) is 5.52. The molecule has 0 spiro atoms. The zero-order valence-electron chi connectivity index (χ0n) is 18.9. The van der Waals surface area contributed by atoms with E-state index in [-0.39, 0.29) is 24.3 Å². The highest BCUT2D eigenvalue weighted by Gasteiger charge is 2.23. The summed E-state index contributed by atoms with van der Waals surface area (Å²) in [6.45, 7) is 4.41. The molecule has 0 saturated carbocycles. The van der Waals surface area contributed by atoms with E-state index < -0.39 is 27.0 Å². The summed E-state index contributed by atoms with van der Waals surface area (Å²) in [6.07, 6.45) is 15.2. The van der Waals surface area contributed by atoms with Gasteiger partial charge in [0.15, 0.2) is 0 Å². The molecule has 0 aliphatic heterocycles. The molecule has 0 radical (unpaired) electrons.